The van der Waals surface area contributed by atoms with Crippen molar-refractivity contribution < 1.29 is 0 Å². The van der Waals surface area contributed by atoms with Crippen LogP contribution in [0.1, 0.15) is 25.7 Å². The molecule has 1 fully saturated rings. The summed E-state index contributed by atoms with van der Waals surface area (Å²) in [5, 5.41) is 9.18. The Hall–Kier alpha value is -1.50. The zero-order chi connectivity index (χ0) is 10.0. The predicted octanol–water partition coefficient (Wildman–Crippen LogP) is 1.55. The molecule has 1 saturated carbocycles. The van der Waals surface area contributed by atoms with Crippen LogP contribution in [0.5, 0.6) is 0 Å². The topological polar surface area (TPSA) is 67.6 Å². The number of aromatic nitrogens is 2. The molecule has 1 aliphatic carbocycles. The molecule has 0 radical (unpaired) electrons. The van der Waals surface area contributed by atoms with Gasteiger partial charge in [0.25, 0.3) is 0 Å². The molecule has 1 aromatic rings. The lowest BCUT2D eigenvalue weighted by molar-refractivity contribution is 0.346. The van der Waals surface area contributed by atoms with Crippen LogP contribution in [0.15, 0.2) is 12.4 Å². The standard InChI is InChI=1S/C10H14N4/c11-7-10(3-1-2-4-10)8-14-6-5-13-9(14)12/h5-6H,1-4,8H2,(H2,12,13). The van der Waals surface area contributed by atoms with Gasteiger partial charge in [0.1, 0.15) is 0 Å². The number of anilines is 1. The van der Waals surface area contributed by atoms with Crippen molar-refractivity contribution in [3.63, 3.8) is 0 Å². The van der Waals surface area contributed by atoms with E-state index in [1.165, 1.54) is 0 Å². The Kier molecular flexibility index (Phi) is 2.16. The van der Waals surface area contributed by atoms with E-state index >= 15 is 0 Å². The van der Waals surface area contributed by atoms with Gasteiger partial charge in [0, 0.05) is 18.9 Å². The van der Waals surface area contributed by atoms with Crippen molar-refractivity contribution in [2.75, 3.05) is 5.73 Å². The molecule has 1 heterocycles. The van der Waals surface area contributed by atoms with Gasteiger partial charge in [-0.05, 0) is 12.8 Å². The second kappa shape index (κ2) is 3.33. The van der Waals surface area contributed by atoms with E-state index in [2.05, 4.69) is 11.1 Å². The van der Waals surface area contributed by atoms with E-state index in [9.17, 15) is 5.26 Å². The van der Waals surface area contributed by atoms with E-state index in [0.717, 1.165) is 25.7 Å². The highest BCUT2D eigenvalue weighted by atomic mass is 15.1. The summed E-state index contributed by atoms with van der Waals surface area (Å²) in [6.07, 6.45) is 7.80. The Balaban J connectivity index is 2.17. The molecule has 1 aliphatic rings. The Morgan fingerprint density at radius 3 is 2.79 bits per heavy atom. The summed E-state index contributed by atoms with van der Waals surface area (Å²) in [4.78, 5) is 3.96. The first-order chi connectivity index (χ1) is 6.76. The monoisotopic (exact) mass is 190 g/mol. The van der Waals surface area contributed by atoms with Crippen LogP contribution >= 0.6 is 0 Å². The van der Waals surface area contributed by atoms with E-state index in [0.29, 0.717) is 12.5 Å². The van der Waals surface area contributed by atoms with Crippen molar-refractivity contribution >= 4 is 5.95 Å². The number of imidazole rings is 1. The van der Waals surface area contributed by atoms with Crippen LogP contribution in [0.2, 0.25) is 0 Å². The molecule has 0 spiro atoms. The van der Waals surface area contributed by atoms with Gasteiger partial charge in [-0.2, -0.15) is 5.26 Å². The van der Waals surface area contributed by atoms with E-state index in [1.54, 1.807) is 6.20 Å². The summed E-state index contributed by atoms with van der Waals surface area (Å²) in [7, 11) is 0. The quantitative estimate of drug-likeness (QED) is 0.769. The van der Waals surface area contributed by atoms with Gasteiger partial charge in [-0.15, -0.1) is 0 Å². The fourth-order valence-electron chi connectivity index (χ4n) is 2.16. The summed E-state index contributed by atoms with van der Waals surface area (Å²) in [6, 6.07) is 2.44. The van der Waals surface area contributed by atoms with Gasteiger partial charge < -0.3 is 10.3 Å². The van der Waals surface area contributed by atoms with Crippen LogP contribution in [0.25, 0.3) is 0 Å². The minimum Gasteiger partial charge on any atom is -0.369 e. The maximum atomic E-state index is 9.18. The number of nitrogens with zero attached hydrogens (tertiary/aromatic N) is 3. The molecule has 0 atom stereocenters. The molecule has 74 valence electrons. The Morgan fingerprint density at radius 1 is 1.57 bits per heavy atom. The molecule has 2 rings (SSSR count). The lowest BCUT2D eigenvalue weighted by Gasteiger charge is -2.20. The Morgan fingerprint density at radius 2 is 2.29 bits per heavy atom. The molecular weight excluding hydrogens is 176 g/mol. The molecule has 4 nitrogen and oxygen atoms in total. The molecule has 0 saturated heterocycles. The van der Waals surface area contributed by atoms with Crippen molar-refractivity contribution in [1.82, 2.24) is 9.55 Å². The third-order valence-corrected chi connectivity index (χ3v) is 3.02. The lowest BCUT2D eigenvalue weighted by atomic mass is 9.88. The summed E-state index contributed by atoms with van der Waals surface area (Å²) < 4.78 is 1.87. The number of nitriles is 1. The van der Waals surface area contributed by atoms with Crippen molar-refractivity contribution in [3.05, 3.63) is 12.4 Å². The molecule has 0 unspecified atom stereocenters. The first kappa shape index (κ1) is 9.07. The molecule has 0 aliphatic heterocycles. The number of hydrogen-bond acceptors (Lipinski definition) is 3. The minimum atomic E-state index is -0.200. The highest BCUT2D eigenvalue weighted by molar-refractivity contribution is 5.18. The van der Waals surface area contributed by atoms with Crippen LogP contribution in [0.3, 0.4) is 0 Å². The number of nitrogens with two attached hydrogens (primary N) is 1. The van der Waals surface area contributed by atoms with E-state index in [4.69, 9.17) is 5.73 Å². The number of nitrogen functional groups attached to an aromatic ring is 1. The summed E-state index contributed by atoms with van der Waals surface area (Å²) in [6.45, 7) is 0.690. The third kappa shape index (κ3) is 1.46. The number of hydrogen-bond donors (Lipinski definition) is 1. The van der Waals surface area contributed by atoms with Crippen molar-refractivity contribution in [2.24, 2.45) is 5.41 Å². The smallest absolute Gasteiger partial charge is 0.200 e. The first-order valence-corrected chi connectivity index (χ1v) is 4.94. The lowest BCUT2D eigenvalue weighted by Crippen LogP contribution is -2.22. The van der Waals surface area contributed by atoms with Crippen molar-refractivity contribution in [3.8, 4) is 6.07 Å². The second-order valence-electron chi connectivity index (χ2n) is 4.01. The first-order valence-electron chi connectivity index (χ1n) is 4.94. The van der Waals surface area contributed by atoms with Crippen molar-refractivity contribution in [1.29, 1.82) is 5.26 Å². The normalized spacial score (nSPS) is 19.4. The van der Waals surface area contributed by atoms with E-state index in [1.807, 2.05) is 10.8 Å². The van der Waals surface area contributed by atoms with Crippen LogP contribution in [-0.4, -0.2) is 9.55 Å². The zero-order valence-corrected chi connectivity index (χ0v) is 8.11. The Labute approximate surface area is 83.4 Å². The largest absolute Gasteiger partial charge is 0.369 e. The molecule has 0 aromatic carbocycles. The molecule has 2 N–H and O–H groups in total. The van der Waals surface area contributed by atoms with Gasteiger partial charge in [0.2, 0.25) is 0 Å². The summed E-state index contributed by atoms with van der Waals surface area (Å²) in [5.74, 6) is 0.506. The highest BCUT2D eigenvalue weighted by Crippen LogP contribution is 2.39. The minimum absolute atomic E-state index is 0.200. The van der Waals surface area contributed by atoms with Gasteiger partial charge in [-0.1, -0.05) is 12.8 Å². The molecular formula is C10H14N4. The fraction of sp³-hybridized carbons (Fsp3) is 0.600. The average molecular weight is 190 g/mol. The molecule has 0 bridgehead atoms. The third-order valence-electron chi connectivity index (χ3n) is 3.02. The SMILES string of the molecule is N#CC1(Cn2ccnc2N)CCCC1. The second-order valence-corrected chi connectivity index (χ2v) is 4.01. The van der Waals surface area contributed by atoms with Gasteiger partial charge in [0.05, 0.1) is 11.5 Å². The molecule has 4 heteroatoms. The fourth-order valence-corrected chi connectivity index (χ4v) is 2.16. The van der Waals surface area contributed by atoms with Gasteiger partial charge in [0.15, 0.2) is 5.95 Å². The molecule has 14 heavy (non-hydrogen) atoms. The van der Waals surface area contributed by atoms with Crippen LogP contribution in [0.4, 0.5) is 5.95 Å². The highest BCUT2D eigenvalue weighted by Gasteiger charge is 2.34. The summed E-state index contributed by atoms with van der Waals surface area (Å²) in [5.41, 5.74) is 5.48. The predicted molar refractivity (Wildman–Crippen MR) is 53.2 cm³/mol. The van der Waals surface area contributed by atoms with E-state index in [-0.39, 0.29) is 5.41 Å². The zero-order valence-electron chi connectivity index (χ0n) is 8.11. The maximum Gasteiger partial charge on any atom is 0.200 e. The van der Waals surface area contributed by atoms with Gasteiger partial charge >= 0.3 is 0 Å². The Bertz CT molecular complexity index is 354. The van der Waals surface area contributed by atoms with Crippen molar-refractivity contribution in [2.45, 2.75) is 32.2 Å². The average Bonchev–Trinajstić information content (AvgIpc) is 2.79. The van der Waals surface area contributed by atoms with Crippen LogP contribution in [-0.2, 0) is 6.54 Å². The molecule has 0 amide bonds. The van der Waals surface area contributed by atoms with E-state index < -0.39 is 0 Å². The maximum absolute atomic E-state index is 9.18. The molecule has 1 aromatic heterocycles. The summed E-state index contributed by atoms with van der Waals surface area (Å²) >= 11 is 0. The van der Waals surface area contributed by atoms with Crippen LogP contribution in [0, 0.1) is 16.7 Å². The van der Waals surface area contributed by atoms with Gasteiger partial charge in [-0.3, -0.25) is 0 Å². The number of rotatable bonds is 2. The van der Waals surface area contributed by atoms with Crippen LogP contribution < -0.4 is 5.73 Å². The van der Waals surface area contributed by atoms with Gasteiger partial charge in [-0.25, -0.2) is 4.98 Å².